The first-order valence-corrected chi connectivity index (χ1v) is 5.80. The third-order valence-electron chi connectivity index (χ3n) is 2.90. The smallest absolute Gasteiger partial charge is 0.236 e. The van der Waals surface area contributed by atoms with Crippen LogP contribution in [0.3, 0.4) is 0 Å². The van der Waals surface area contributed by atoms with Crippen molar-refractivity contribution in [1.29, 1.82) is 0 Å². The molecule has 0 aromatic carbocycles. The summed E-state index contributed by atoms with van der Waals surface area (Å²) in [5.41, 5.74) is 0. The average Bonchev–Trinajstić information content (AvgIpc) is 2.69. The molecule has 1 aliphatic heterocycles. The van der Waals surface area contributed by atoms with Gasteiger partial charge in [0.05, 0.1) is 6.54 Å². The van der Waals surface area contributed by atoms with Crippen molar-refractivity contribution in [3.05, 3.63) is 0 Å². The van der Waals surface area contributed by atoms with Crippen molar-refractivity contribution in [2.45, 2.75) is 25.8 Å². The molecule has 1 fully saturated rings. The van der Waals surface area contributed by atoms with E-state index < -0.39 is 0 Å². The van der Waals surface area contributed by atoms with Gasteiger partial charge in [0, 0.05) is 26.7 Å². The second kappa shape index (κ2) is 7.87. The monoisotopic (exact) mass is 249 g/mol. The van der Waals surface area contributed by atoms with Crippen LogP contribution < -0.4 is 5.32 Å². The minimum Gasteiger partial charge on any atom is -0.348 e. The predicted molar refractivity (Wildman–Crippen MR) is 69.1 cm³/mol. The lowest BCUT2D eigenvalue weighted by atomic mass is 10.2. The molecule has 16 heavy (non-hydrogen) atoms. The van der Waals surface area contributed by atoms with E-state index in [1.165, 1.54) is 6.42 Å². The van der Waals surface area contributed by atoms with E-state index in [1.807, 2.05) is 14.1 Å². The number of hydrogen-bond acceptors (Lipinski definition) is 3. The van der Waals surface area contributed by atoms with Crippen LogP contribution in [0.15, 0.2) is 0 Å². The highest BCUT2D eigenvalue weighted by atomic mass is 35.5. The molecular weight excluding hydrogens is 226 g/mol. The molecule has 1 N–H and O–H groups in total. The Morgan fingerprint density at radius 1 is 1.44 bits per heavy atom. The van der Waals surface area contributed by atoms with Crippen LogP contribution in [0, 0.1) is 0 Å². The highest BCUT2D eigenvalue weighted by Gasteiger charge is 2.23. The van der Waals surface area contributed by atoms with Gasteiger partial charge in [-0.15, -0.1) is 12.4 Å². The third kappa shape index (κ3) is 4.68. The number of rotatable bonds is 5. The molecule has 1 unspecified atom stereocenters. The minimum atomic E-state index is 0. The predicted octanol–water partition coefficient (Wildman–Crippen LogP) is 0.570. The summed E-state index contributed by atoms with van der Waals surface area (Å²) in [4.78, 5) is 15.6. The average molecular weight is 250 g/mol. The first-order valence-electron chi connectivity index (χ1n) is 5.80. The molecule has 4 nitrogen and oxygen atoms in total. The fourth-order valence-electron chi connectivity index (χ4n) is 1.94. The summed E-state index contributed by atoms with van der Waals surface area (Å²) in [5, 5.41) is 3.35. The quantitative estimate of drug-likeness (QED) is 0.774. The van der Waals surface area contributed by atoms with Gasteiger partial charge < -0.3 is 10.2 Å². The zero-order valence-corrected chi connectivity index (χ0v) is 11.3. The van der Waals surface area contributed by atoms with Crippen molar-refractivity contribution in [2.75, 3.05) is 40.3 Å². The van der Waals surface area contributed by atoms with E-state index in [9.17, 15) is 4.79 Å². The first-order chi connectivity index (χ1) is 7.15. The van der Waals surface area contributed by atoms with Crippen LogP contribution in [0.1, 0.15) is 19.8 Å². The molecule has 1 saturated heterocycles. The molecule has 0 aliphatic carbocycles. The fourth-order valence-corrected chi connectivity index (χ4v) is 1.94. The second-order valence-electron chi connectivity index (χ2n) is 4.41. The van der Waals surface area contributed by atoms with E-state index in [-0.39, 0.29) is 18.3 Å². The lowest BCUT2D eigenvalue weighted by Crippen LogP contribution is -2.43. The molecule has 1 amide bonds. The number of carbonyl (C=O) groups is 1. The van der Waals surface area contributed by atoms with E-state index in [0.29, 0.717) is 12.6 Å². The molecule has 1 heterocycles. The van der Waals surface area contributed by atoms with Gasteiger partial charge in [0.2, 0.25) is 5.91 Å². The summed E-state index contributed by atoms with van der Waals surface area (Å²) in [7, 11) is 3.64. The summed E-state index contributed by atoms with van der Waals surface area (Å²) < 4.78 is 0. The Hall–Kier alpha value is -0.320. The Morgan fingerprint density at radius 3 is 2.56 bits per heavy atom. The zero-order valence-electron chi connectivity index (χ0n) is 10.5. The van der Waals surface area contributed by atoms with Crippen molar-refractivity contribution in [2.24, 2.45) is 0 Å². The van der Waals surface area contributed by atoms with Gasteiger partial charge in [-0.05, 0) is 25.9 Å². The van der Waals surface area contributed by atoms with Crippen LogP contribution in [0.5, 0.6) is 0 Å². The molecule has 0 aromatic rings. The highest BCUT2D eigenvalue weighted by molar-refractivity contribution is 5.85. The molecule has 0 spiro atoms. The second-order valence-corrected chi connectivity index (χ2v) is 4.41. The number of halogens is 1. The summed E-state index contributed by atoms with van der Waals surface area (Å²) in [6.07, 6.45) is 2.28. The van der Waals surface area contributed by atoms with Gasteiger partial charge in [-0.1, -0.05) is 6.92 Å². The molecule has 0 bridgehead atoms. The minimum absolute atomic E-state index is 0. The van der Waals surface area contributed by atoms with E-state index >= 15 is 0 Å². The van der Waals surface area contributed by atoms with Crippen LogP contribution in [0.25, 0.3) is 0 Å². The molecule has 0 radical (unpaired) electrons. The largest absolute Gasteiger partial charge is 0.348 e. The van der Waals surface area contributed by atoms with Gasteiger partial charge in [-0.2, -0.15) is 0 Å². The summed E-state index contributed by atoms with van der Waals surface area (Å²) in [6.45, 7) is 5.86. The molecule has 0 aromatic heterocycles. The Labute approximate surface area is 105 Å². The summed E-state index contributed by atoms with van der Waals surface area (Å²) in [5.74, 6) is 0.204. The van der Waals surface area contributed by atoms with E-state index in [2.05, 4.69) is 17.1 Å². The molecular formula is C11H24ClN3O. The van der Waals surface area contributed by atoms with Crippen LogP contribution >= 0.6 is 12.4 Å². The number of amides is 1. The van der Waals surface area contributed by atoms with Gasteiger partial charge in [0.15, 0.2) is 0 Å². The Morgan fingerprint density at radius 2 is 2.12 bits per heavy atom. The van der Waals surface area contributed by atoms with E-state index in [4.69, 9.17) is 0 Å². The number of nitrogens with zero attached hydrogens (tertiary/aromatic N) is 2. The van der Waals surface area contributed by atoms with Crippen molar-refractivity contribution in [1.82, 2.24) is 15.1 Å². The van der Waals surface area contributed by atoms with Crippen molar-refractivity contribution in [3.63, 3.8) is 0 Å². The maximum absolute atomic E-state index is 11.6. The van der Waals surface area contributed by atoms with Gasteiger partial charge in [0.1, 0.15) is 0 Å². The van der Waals surface area contributed by atoms with Crippen LogP contribution in [-0.4, -0.2) is 62.0 Å². The maximum atomic E-state index is 11.6. The van der Waals surface area contributed by atoms with Gasteiger partial charge in [-0.3, -0.25) is 9.69 Å². The molecule has 5 heteroatoms. The topological polar surface area (TPSA) is 35.6 Å². The number of nitrogens with one attached hydrogen (secondary N) is 1. The normalized spacial score (nSPS) is 19.6. The van der Waals surface area contributed by atoms with E-state index in [0.717, 1.165) is 26.1 Å². The van der Waals surface area contributed by atoms with Crippen molar-refractivity contribution >= 4 is 18.3 Å². The summed E-state index contributed by atoms with van der Waals surface area (Å²) in [6, 6.07) is 0.550. The number of hydrogen-bond donors (Lipinski definition) is 1. The molecule has 1 atom stereocenters. The van der Waals surface area contributed by atoms with Crippen molar-refractivity contribution < 1.29 is 4.79 Å². The van der Waals surface area contributed by atoms with Gasteiger partial charge >= 0.3 is 0 Å². The maximum Gasteiger partial charge on any atom is 0.236 e. The fraction of sp³-hybridized carbons (Fsp3) is 0.909. The Kier molecular flexibility index (Phi) is 7.72. The SMILES string of the molecule is CCCN(CC(=O)N(C)C)C1CCNC1.Cl. The highest BCUT2D eigenvalue weighted by Crippen LogP contribution is 2.09. The van der Waals surface area contributed by atoms with Crippen LogP contribution in [-0.2, 0) is 4.79 Å². The van der Waals surface area contributed by atoms with Gasteiger partial charge in [0.25, 0.3) is 0 Å². The lowest BCUT2D eigenvalue weighted by molar-refractivity contribution is -0.130. The van der Waals surface area contributed by atoms with Gasteiger partial charge in [-0.25, -0.2) is 0 Å². The Balaban J connectivity index is 0.00000225. The van der Waals surface area contributed by atoms with E-state index in [1.54, 1.807) is 4.90 Å². The van der Waals surface area contributed by atoms with Crippen LogP contribution in [0.4, 0.5) is 0 Å². The van der Waals surface area contributed by atoms with Crippen LogP contribution in [0.2, 0.25) is 0 Å². The lowest BCUT2D eigenvalue weighted by Gasteiger charge is -2.28. The van der Waals surface area contributed by atoms with Crippen molar-refractivity contribution in [3.8, 4) is 0 Å². The molecule has 1 aliphatic rings. The Bertz CT molecular complexity index is 205. The summed E-state index contributed by atoms with van der Waals surface area (Å²) >= 11 is 0. The zero-order chi connectivity index (χ0) is 11.3. The third-order valence-corrected chi connectivity index (χ3v) is 2.90. The number of likely N-dealkylation sites (N-methyl/N-ethyl adjacent to an activating group) is 1. The molecule has 1 rings (SSSR count). The number of carbonyl (C=O) groups excluding carboxylic acids is 1. The molecule has 96 valence electrons. The molecule has 0 saturated carbocycles. The standard InChI is InChI=1S/C11H23N3O.ClH/c1-4-7-14(9-11(15)13(2)3)10-5-6-12-8-10;/h10,12H,4-9H2,1-3H3;1H. The first kappa shape index (κ1) is 15.7.